The molecular formula is C13H13Cl2FN2O. The number of nitrogens with zero attached hydrogens (tertiary/aromatic N) is 2. The maximum atomic E-state index is 13.5. The first kappa shape index (κ1) is 13.2. The first-order valence-corrected chi connectivity index (χ1v) is 7.00. The van der Waals surface area contributed by atoms with Gasteiger partial charge < -0.3 is 9.30 Å². The molecule has 0 spiro atoms. The molecule has 1 aliphatic rings. The number of aromatic nitrogens is 2. The Morgan fingerprint density at radius 1 is 1.47 bits per heavy atom. The number of ether oxygens (including phenoxy) is 1. The lowest BCUT2D eigenvalue weighted by Crippen LogP contribution is -2.33. The minimum absolute atomic E-state index is 0.109. The number of hydrogen-bond donors (Lipinski definition) is 0. The summed E-state index contributed by atoms with van der Waals surface area (Å²) >= 11 is 11.8. The Morgan fingerprint density at radius 2 is 2.21 bits per heavy atom. The predicted molar refractivity (Wildman–Crippen MR) is 73.3 cm³/mol. The van der Waals surface area contributed by atoms with Gasteiger partial charge in [-0.2, -0.15) is 0 Å². The number of hydrogen-bond acceptors (Lipinski definition) is 2. The Balaban J connectivity index is 2.08. The molecule has 0 amide bonds. The van der Waals surface area contributed by atoms with Crippen molar-refractivity contribution in [3.63, 3.8) is 0 Å². The molecule has 0 atom stereocenters. The van der Waals surface area contributed by atoms with Crippen molar-refractivity contribution in [2.24, 2.45) is 0 Å². The lowest BCUT2D eigenvalue weighted by atomic mass is 9.89. The molecule has 1 aromatic carbocycles. The van der Waals surface area contributed by atoms with Crippen LogP contribution < -0.4 is 0 Å². The fourth-order valence-electron chi connectivity index (χ4n) is 2.58. The van der Waals surface area contributed by atoms with E-state index in [4.69, 9.17) is 27.9 Å². The maximum absolute atomic E-state index is 13.5. The molecule has 6 heteroatoms. The first-order chi connectivity index (χ1) is 9.13. The zero-order valence-corrected chi connectivity index (χ0v) is 11.9. The molecule has 0 N–H and O–H groups in total. The smallest absolute Gasteiger partial charge is 0.144 e. The monoisotopic (exact) mass is 302 g/mol. The van der Waals surface area contributed by atoms with E-state index in [1.54, 1.807) is 13.2 Å². The molecule has 0 saturated heterocycles. The highest BCUT2D eigenvalue weighted by atomic mass is 35.5. The fraction of sp³-hybridized carbons (Fsp3) is 0.462. The summed E-state index contributed by atoms with van der Waals surface area (Å²) in [6.45, 7) is 0. The van der Waals surface area contributed by atoms with Gasteiger partial charge in [0.05, 0.1) is 28.0 Å². The summed E-state index contributed by atoms with van der Waals surface area (Å²) in [4.78, 5) is 4.38. The molecule has 1 saturated carbocycles. The van der Waals surface area contributed by atoms with Crippen molar-refractivity contribution in [3.05, 3.63) is 28.8 Å². The molecule has 0 radical (unpaired) electrons. The van der Waals surface area contributed by atoms with Gasteiger partial charge in [0, 0.05) is 19.2 Å². The van der Waals surface area contributed by atoms with Gasteiger partial charge in [0.2, 0.25) is 0 Å². The van der Waals surface area contributed by atoms with E-state index < -0.39 is 5.82 Å². The summed E-state index contributed by atoms with van der Waals surface area (Å²) in [5.74, 6) is 0.586. The summed E-state index contributed by atoms with van der Waals surface area (Å²) in [6, 6.07) is 3.27. The third-order valence-corrected chi connectivity index (χ3v) is 4.22. The molecule has 0 aliphatic heterocycles. The van der Waals surface area contributed by atoms with E-state index >= 15 is 0 Å². The van der Waals surface area contributed by atoms with Crippen molar-refractivity contribution in [3.8, 4) is 0 Å². The second kappa shape index (κ2) is 4.93. The molecule has 1 heterocycles. The lowest BCUT2D eigenvalue weighted by molar-refractivity contribution is 0.00675. The van der Waals surface area contributed by atoms with Gasteiger partial charge in [-0.15, -0.1) is 11.6 Å². The van der Waals surface area contributed by atoms with Gasteiger partial charge >= 0.3 is 0 Å². The first-order valence-electron chi connectivity index (χ1n) is 6.08. The molecule has 1 aromatic heterocycles. The Bertz CT molecular complexity index is 623. The van der Waals surface area contributed by atoms with E-state index in [2.05, 4.69) is 9.55 Å². The largest absolute Gasteiger partial charge is 0.381 e. The Hall–Kier alpha value is -0.840. The van der Waals surface area contributed by atoms with E-state index in [1.807, 2.05) is 0 Å². The minimum Gasteiger partial charge on any atom is -0.381 e. The van der Waals surface area contributed by atoms with Gasteiger partial charge in [-0.25, -0.2) is 9.37 Å². The van der Waals surface area contributed by atoms with Crippen LogP contribution in [0, 0.1) is 5.82 Å². The number of methoxy groups -OCH3 is 1. The lowest BCUT2D eigenvalue weighted by Gasteiger charge is -2.36. The van der Waals surface area contributed by atoms with Crippen LogP contribution in [0.2, 0.25) is 5.02 Å². The fourth-order valence-corrected chi connectivity index (χ4v) is 2.93. The van der Waals surface area contributed by atoms with Crippen LogP contribution in [-0.4, -0.2) is 22.8 Å². The van der Waals surface area contributed by atoms with Gasteiger partial charge in [0.25, 0.3) is 0 Å². The van der Waals surface area contributed by atoms with Gasteiger partial charge in [0.1, 0.15) is 11.6 Å². The van der Waals surface area contributed by atoms with Crippen molar-refractivity contribution in [1.29, 1.82) is 0 Å². The van der Waals surface area contributed by atoms with E-state index in [9.17, 15) is 4.39 Å². The summed E-state index contributed by atoms with van der Waals surface area (Å²) in [5, 5.41) is 0.109. The van der Waals surface area contributed by atoms with Crippen molar-refractivity contribution in [2.75, 3.05) is 7.11 Å². The van der Waals surface area contributed by atoms with Crippen LogP contribution in [-0.2, 0) is 10.6 Å². The van der Waals surface area contributed by atoms with Gasteiger partial charge in [-0.05, 0) is 18.9 Å². The third kappa shape index (κ3) is 2.12. The molecule has 19 heavy (non-hydrogen) atoms. The Labute approximate surface area is 120 Å². The molecular weight excluding hydrogens is 290 g/mol. The van der Waals surface area contributed by atoms with E-state index in [1.165, 1.54) is 6.07 Å². The number of benzene rings is 1. The molecule has 2 aromatic rings. The topological polar surface area (TPSA) is 27.1 Å². The average molecular weight is 303 g/mol. The van der Waals surface area contributed by atoms with Crippen LogP contribution in [0.4, 0.5) is 4.39 Å². The zero-order valence-electron chi connectivity index (χ0n) is 10.4. The van der Waals surface area contributed by atoms with Crippen molar-refractivity contribution >= 4 is 34.2 Å². The summed E-state index contributed by atoms with van der Waals surface area (Å²) < 4.78 is 20.8. The van der Waals surface area contributed by atoms with Crippen molar-refractivity contribution in [2.45, 2.75) is 30.9 Å². The molecule has 1 aliphatic carbocycles. The second-order valence-corrected chi connectivity index (χ2v) is 5.44. The standard InChI is InChI=1S/C13H13Cl2FN2O/c1-19-8-2-7(3-8)18-12-4-9(15)10(16)5-11(12)17-13(18)6-14/h4-5,7-8H,2-3,6H2,1H3. The zero-order chi connectivity index (χ0) is 13.6. The Kier molecular flexibility index (Phi) is 3.41. The van der Waals surface area contributed by atoms with Crippen LogP contribution in [0.1, 0.15) is 24.7 Å². The number of fused-ring (bicyclic) bond motifs is 1. The number of alkyl halides is 1. The van der Waals surface area contributed by atoms with Gasteiger partial charge in [-0.3, -0.25) is 0 Å². The molecule has 102 valence electrons. The molecule has 1 fully saturated rings. The van der Waals surface area contributed by atoms with Crippen LogP contribution in [0.25, 0.3) is 11.0 Å². The highest BCUT2D eigenvalue weighted by Crippen LogP contribution is 2.38. The van der Waals surface area contributed by atoms with Crippen LogP contribution >= 0.6 is 23.2 Å². The SMILES string of the molecule is COC1CC(n2c(CCl)nc3cc(F)c(Cl)cc32)C1. The average Bonchev–Trinajstić information content (AvgIpc) is 2.67. The number of halogens is 3. The minimum atomic E-state index is -0.455. The highest BCUT2D eigenvalue weighted by Gasteiger charge is 2.33. The third-order valence-electron chi connectivity index (χ3n) is 3.69. The van der Waals surface area contributed by atoms with Crippen molar-refractivity contribution in [1.82, 2.24) is 9.55 Å². The molecule has 3 nitrogen and oxygen atoms in total. The van der Waals surface area contributed by atoms with Crippen LogP contribution in [0.5, 0.6) is 0 Å². The van der Waals surface area contributed by atoms with Gasteiger partial charge in [-0.1, -0.05) is 11.6 Å². The normalized spacial score (nSPS) is 22.7. The van der Waals surface area contributed by atoms with Crippen LogP contribution in [0.15, 0.2) is 12.1 Å². The van der Waals surface area contributed by atoms with E-state index in [0.29, 0.717) is 17.4 Å². The van der Waals surface area contributed by atoms with Gasteiger partial charge in [0.15, 0.2) is 0 Å². The molecule has 0 bridgehead atoms. The highest BCUT2D eigenvalue weighted by molar-refractivity contribution is 6.31. The molecule has 3 rings (SSSR count). The maximum Gasteiger partial charge on any atom is 0.144 e. The predicted octanol–water partition coefficient (Wildman–Crippen LogP) is 3.92. The summed E-state index contributed by atoms with van der Waals surface area (Å²) in [6.07, 6.45) is 2.11. The quantitative estimate of drug-likeness (QED) is 0.804. The van der Waals surface area contributed by atoms with Crippen molar-refractivity contribution < 1.29 is 9.13 Å². The molecule has 0 unspecified atom stereocenters. The number of rotatable bonds is 3. The van der Waals surface area contributed by atoms with Crippen LogP contribution in [0.3, 0.4) is 0 Å². The Morgan fingerprint density at radius 3 is 2.84 bits per heavy atom. The van der Waals surface area contributed by atoms with E-state index in [0.717, 1.165) is 24.2 Å². The summed E-state index contributed by atoms with van der Waals surface area (Å²) in [5.41, 5.74) is 1.43. The summed E-state index contributed by atoms with van der Waals surface area (Å²) in [7, 11) is 1.71. The second-order valence-electron chi connectivity index (χ2n) is 4.77. The van der Waals surface area contributed by atoms with E-state index in [-0.39, 0.29) is 11.1 Å². The number of imidazole rings is 1.